The average Bonchev–Trinajstić information content (AvgIpc) is 2.39. The topological polar surface area (TPSA) is 37.3 Å². The Labute approximate surface area is 114 Å². The van der Waals surface area contributed by atoms with E-state index >= 15 is 0 Å². The minimum absolute atomic E-state index is 0.0175. The maximum absolute atomic E-state index is 12.7. The summed E-state index contributed by atoms with van der Waals surface area (Å²) >= 11 is 1.59. The Morgan fingerprint density at radius 3 is 2.53 bits per heavy atom. The predicted octanol–water partition coefficient (Wildman–Crippen LogP) is 4.24. The largest absolute Gasteiger partial charge is 0.508 e. The van der Waals surface area contributed by atoms with Gasteiger partial charge in [0.2, 0.25) is 0 Å². The SMILES string of the molecule is CC(C)c1c(O)ccc2sc3ccccc3c(=O)c12. The molecule has 0 fully saturated rings. The van der Waals surface area contributed by atoms with Crippen molar-refractivity contribution in [3.8, 4) is 5.75 Å². The molecule has 0 radical (unpaired) electrons. The van der Waals surface area contributed by atoms with Crippen molar-refractivity contribution in [3.63, 3.8) is 0 Å². The molecule has 0 saturated carbocycles. The zero-order valence-corrected chi connectivity index (χ0v) is 11.6. The summed E-state index contributed by atoms with van der Waals surface area (Å²) in [6, 6.07) is 11.1. The van der Waals surface area contributed by atoms with Crippen LogP contribution in [0.25, 0.3) is 20.2 Å². The number of benzene rings is 2. The Bertz CT molecular complexity index is 831. The Kier molecular flexibility index (Phi) is 2.79. The highest BCUT2D eigenvalue weighted by Gasteiger charge is 2.15. The van der Waals surface area contributed by atoms with Crippen LogP contribution in [0.4, 0.5) is 0 Å². The van der Waals surface area contributed by atoms with Crippen molar-refractivity contribution in [3.05, 3.63) is 52.2 Å². The third-order valence-corrected chi connectivity index (χ3v) is 4.48. The molecule has 1 heterocycles. The Morgan fingerprint density at radius 2 is 1.79 bits per heavy atom. The summed E-state index contributed by atoms with van der Waals surface area (Å²) in [4.78, 5) is 12.7. The fourth-order valence-electron chi connectivity index (χ4n) is 2.49. The number of phenolic OH excluding ortho intramolecular Hbond substituents is 1. The summed E-state index contributed by atoms with van der Waals surface area (Å²) in [7, 11) is 0. The van der Waals surface area contributed by atoms with Gasteiger partial charge < -0.3 is 5.11 Å². The van der Waals surface area contributed by atoms with E-state index in [0.29, 0.717) is 5.39 Å². The zero-order valence-electron chi connectivity index (χ0n) is 10.8. The second-order valence-electron chi connectivity index (χ2n) is 4.95. The minimum Gasteiger partial charge on any atom is -0.508 e. The molecule has 0 aliphatic heterocycles. The molecule has 0 atom stereocenters. The number of phenols is 1. The first-order chi connectivity index (χ1) is 9.09. The van der Waals surface area contributed by atoms with E-state index < -0.39 is 0 Å². The van der Waals surface area contributed by atoms with Crippen LogP contribution >= 0.6 is 11.3 Å². The monoisotopic (exact) mass is 270 g/mol. The molecular formula is C16H14O2S. The first-order valence-electron chi connectivity index (χ1n) is 6.27. The van der Waals surface area contributed by atoms with Crippen LogP contribution in [-0.2, 0) is 0 Å². The lowest BCUT2D eigenvalue weighted by Gasteiger charge is -2.12. The van der Waals surface area contributed by atoms with Crippen molar-refractivity contribution in [1.29, 1.82) is 0 Å². The normalized spacial score (nSPS) is 11.5. The zero-order chi connectivity index (χ0) is 13.6. The summed E-state index contributed by atoms with van der Waals surface area (Å²) < 4.78 is 1.92. The molecule has 3 rings (SSSR count). The molecule has 19 heavy (non-hydrogen) atoms. The number of aromatic hydroxyl groups is 1. The lowest BCUT2D eigenvalue weighted by molar-refractivity contribution is 0.466. The van der Waals surface area contributed by atoms with Gasteiger partial charge in [-0.25, -0.2) is 0 Å². The van der Waals surface area contributed by atoms with Crippen molar-refractivity contribution in [1.82, 2.24) is 0 Å². The molecule has 1 aromatic heterocycles. The first-order valence-corrected chi connectivity index (χ1v) is 7.08. The van der Waals surface area contributed by atoms with Gasteiger partial charge in [0, 0.05) is 25.7 Å². The molecule has 0 amide bonds. The van der Waals surface area contributed by atoms with Crippen molar-refractivity contribution in [2.75, 3.05) is 0 Å². The molecule has 3 heteroatoms. The number of fused-ring (bicyclic) bond motifs is 2. The van der Waals surface area contributed by atoms with Crippen LogP contribution in [0.1, 0.15) is 25.3 Å². The molecule has 3 aromatic rings. The van der Waals surface area contributed by atoms with Gasteiger partial charge in [-0.3, -0.25) is 4.79 Å². The molecule has 0 bridgehead atoms. The third kappa shape index (κ3) is 1.81. The summed E-state index contributed by atoms with van der Waals surface area (Å²) in [6.45, 7) is 3.99. The molecule has 2 nitrogen and oxygen atoms in total. The van der Waals surface area contributed by atoms with Crippen LogP contribution in [0, 0.1) is 0 Å². The predicted molar refractivity (Wildman–Crippen MR) is 81.4 cm³/mol. The van der Waals surface area contributed by atoms with Gasteiger partial charge in [-0.15, -0.1) is 11.3 Å². The van der Waals surface area contributed by atoms with E-state index in [2.05, 4.69) is 0 Å². The number of hydrogen-bond donors (Lipinski definition) is 1. The number of rotatable bonds is 1. The average molecular weight is 270 g/mol. The van der Waals surface area contributed by atoms with Gasteiger partial charge in [0.15, 0.2) is 5.43 Å². The summed E-state index contributed by atoms with van der Waals surface area (Å²) in [5.41, 5.74) is 0.772. The molecule has 1 N–H and O–H groups in total. The highest BCUT2D eigenvalue weighted by Crippen LogP contribution is 2.35. The van der Waals surface area contributed by atoms with Crippen LogP contribution in [-0.4, -0.2) is 5.11 Å². The minimum atomic E-state index is 0.0175. The van der Waals surface area contributed by atoms with Crippen LogP contribution in [0.5, 0.6) is 5.75 Å². The second kappa shape index (κ2) is 4.35. The van der Waals surface area contributed by atoms with Crippen molar-refractivity contribution in [2.24, 2.45) is 0 Å². The van der Waals surface area contributed by atoms with Crippen molar-refractivity contribution >= 4 is 31.5 Å². The van der Waals surface area contributed by atoms with E-state index in [-0.39, 0.29) is 17.1 Å². The fraction of sp³-hybridized carbons (Fsp3) is 0.188. The quantitative estimate of drug-likeness (QED) is 0.671. The smallest absolute Gasteiger partial charge is 0.196 e. The molecule has 2 aromatic carbocycles. The molecule has 0 aliphatic rings. The molecule has 0 unspecified atom stereocenters. The Hall–Kier alpha value is -1.87. The van der Waals surface area contributed by atoms with E-state index in [4.69, 9.17) is 0 Å². The van der Waals surface area contributed by atoms with Gasteiger partial charge in [-0.1, -0.05) is 26.0 Å². The first kappa shape index (κ1) is 12.2. The van der Waals surface area contributed by atoms with Gasteiger partial charge in [0.05, 0.1) is 0 Å². The fourth-order valence-corrected chi connectivity index (χ4v) is 3.58. The van der Waals surface area contributed by atoms with Gasteiger partial charge in [0.1, 0.15) is 5.75 Å². The van der Waals surface area contributed by atoms with Crippen molar-refractivity contribution in [2.45, 2.75) is 19.8 Å². The maximum Gasteiger partial charge on any atom is 0.196 e. The lowest BCUT2D eigenvalue weighted by Crippen LogP contribution is -2.05. The third-order valence-electron chi connectivity index (χ3n) is 3.34. The van der Waals surface area contributed by atoms with Crippen molar-refractivity contribution < 1.29 is 5.11 Å². The van der Waals surface area contributed by atoms with Crippen LogP contribution in [0.15, 0.2) is 41.2 Å². The van der Waals surface area contributed by atoms with Crippen LogP contribution < -0.4 is 5.43 Å². The Balaban J connectivity index is 2.60. The van der Waals surface area contributed by atoms with Gasteiger partial charge in [0.25, 0.3) is 0 Å². The molecule has 0 spiro atoms. The molecule has 0 aliphatic carbocycles. The van der Waals surface area contributed by atoms with Crippen LogP contribution in [0.3, 0.4) is 0 Å². The summed E-state index contributed by atoms with van der Waals surface area (Å²) in [6.07, 6.45) is 0. The van der Waals surface area contributed by atoms with Crippen LogP contribution in [0.2, 0.25) is 0 Å². The van der Waals surface area contributed by atoms with E-state index in [9.17, 15) is 9.90 Å². The maximum atomic E-state index is 12.7. The molecule has 96 valence electrons. The Morgan fingerprint density at radius 1 is 1.05 bits per heavy atom. The standard InChI is InChI=1S/C16H14O2S/c1-9(2)14-11(17)7-8-13-15(14)16(18)10-5-3-4-6-12(10)19-13/h3-9,17H,1-2H3. The molecule has 0 saturated heterocycles. The highest BCUT2D eigenvalue weighted by molar-refractivity contribution is 7.24. The van der Waals surface area contributed by atoms with Gasteiger partial charge in [-0.2, -0.15) is 0 Å². The van der Waals surface area contributed by atoms with E-state index in [1.54, 1.807) is 17.4 Å². The highest BCUT2D eigenvalue weighted by atomic mass is 32.1. The lowest BCUT2D eigenvalue weighted by atomic mass is 9.97. The van der Waals surface area contributed by atoms with E-state index in [1.807, 2.05) is 44.2 Å². The number of hydrogen-bond acceptors (Lipinski definition) is 3. The van der Waals surface area contributed by atoms with Gasteiger partial charge in [-0.05, 0) is 30.2 Å². The second-order valence-corrected chi connectivity index (χ2v) is 6.04. The van der Waals surface area contributed by atoms with Gasteiger partial charge >= 0.3 is 0 Å². The summed E-state index contributed by atoms with van der Waals surface area (Å²) in [5, 5.41) is 11.4. The summed E-state index contributed by atoms with van der Waals surface area (Å²) in [5.74, 6) is 0.326. The molecular weight excluding hydrogens is 256 g/mol. The van der Waals surface area contributed by atoms with E-state index in [0.717, 1.165) is 20.3 Å². The van der Waals surface area contributed by atoms with E-state index in [1.165, 1.54) is 0 Å².